The van der Waals surface area contributed by atoms with Gasteiger partial charge in [-0.1, -0.05) is 0 Å². The Morgan fingerprint density at radius 1 is 1.57 bits per heavy atom. The molecule has 0 bridgehead atoms. The van der Waals surface area contributed by atoms with Crippen molar-refractivity contribution in [3.8, 4) is 0 Å². The van der Waals surface area contributed by atoms with Gasteiger partial charge in [0.15, 0.2) is 0 Å². The van der Waals surface area contributed by atoms with Crippen LogP contribution in [0.3, 0.4) is 0 Å². The lowest BCUT2D eigenvalue weighted by molar-refractivity contribution is -0.385. The molecule has 124 valence electrons. The fourth-order valence-corrected chi connectivity index (χ4v) is 2.67. The molecule has 0 aliphatic carbocycles. The monoisotopic (exact) mass is 384 g/mol. The molecule has 23 heavy (non-hydrogen) atoms. The minimum absolute atomic E-state index is 0.0957. The second-order valence-corrected chi connectivity index (χ2v) is 6.12. The molecule has 2 aromatic heterocycles. The van der Waals surface area contributed by atoms with Crippen LogP contribution >= 0.6 is 15.9 Å². The van der Waals surface area contributed by atoms with Crippen LogP contribution in [0.4, 0.5) is 5.69 Å². The second-order valence-electron chi connectivity index (χ2n) is 5.27. The topological polar surface area (TPSA) is 99.1 Å². The molecule has 1 unspecified atom stereocenters. The Labute approximate surface area is 141 Å². The summed E-state index contributed by atoms with van der Waals surface area (Å²) in [5.41, 5.74) is 1.05. The summed E-state index contributed by atoms with van der Waals surface area (Å²) in [6.07, 6.45) is 2.95. The van der Waals surface area contributed by atoms with Gasteiger partial charge < -0.3 is 4.90 Å². The average molecular weight is 385 g/mol. The van der Waals surface area contributed by atoms with E-state index in [2.05, 4.69) is 26.1 Å². The first-order valence-electron chi connectivity index (χ1n) is 6.83. The summed E-state index contributed by atoms with van der Waals surface area (Å²) in [6.45, 7) is 3.57. The van der Waals surface area contributed by atoms with Crippen LogP contribution in [0.5, 0.6) is 0 Å². The lowest BCUT2D eigenvalue weighted by Gasteiger charge is -2.21. The molecular weight excluding hydrogens is 368 g/mol. The molecule has 0 fully saturated rings. The van der Waals surface area contributed by atoms with E-state index in [-0.39, 0.29) is 17.3 Å². The highest BCUT2D eigenvalue weighted by Crippen LogP contribution is 2.21. The predicted molar refractivity (Wildman–Crippen MR) is 85.7 cm³/mol. The maximum atomic E-state index is 12.5. The van der Waals surface area contributed by atoms with Crippen LogP contribution < -0.4 is 0 Å². The average Bonchev–Trinajstić information content (AvgIpc) is 3.03. The van der Waals surface area contributed by atoms with Crippen molar-refractivity contribution in [2.45, 2.75) is 26.4 Å². The summed E-state index contributed by atoms with van der Waals surface area (Å²) < 4.78 is 3.82. The van der Waals surface area contributed by atoms with Gasteiger partial charge >= 0.3 is 5.69 Å². The van der Waals surface area contributed by atoms with Crippen LogP contribution in [0.1, 0.15) is 24.4 Å². The number of aromatic nitrogens is 4. The van der Waals surface area contributed by atoms with E-state index >= 15 is 0 Å². The summed E-state index contributed by atoms with van der Waals surface area (Å²) in [5, 5.41) is 19.1. The summed E-state index contributed by atoms with van der Waals surface area (Å²) in [5.74, 6) is -0.199. The quantitative estimate of drug-likeness (QED) is 0.578. The first-order valence-corrected chi connectivity index (χ1v) is 7.63. The van der Waals surface area contributed by atoms with Crippen LogP contribution in [-0.4, -0.2) is 42.3 Å². The van der Waals surface area contributed by atoms with E-state index in [9.17, 15) is 14.9 Å². The number of nitro groups is 1. The van der Waals surface area contributed by atoms with E-state index in [1.165, 1.54) is 15.8 Å². The van der Waals surface area contributed by atoms with Crippen molar-refractivity contribution in [1.29, 1.82) is 0 Å². The van der Waals surface area contributed by atoms with Crippen LogP contribution in [-0.2, 0) is 18.4 Å². The summed E-state index contributed by atoms with van der Waals surface area (Å²) >= 11 is 3.39. The fraction of sp³-hybridized carbons (Fsp3) is 0.462. The minimum Gasteiger partial charge on any atom is -0.338 e. The van der Waals surface area contributed by atoms with Crippen molar-refractivity contribution < 1.29 is 9.72 Å². The van der Waals surface area contributed by atoms with Gasteiger partial charge in [0.25, 0.3) is 0 Å². The van der Waals surface area contributed by atoms with Crippen molar-refractivity contribution >= 4 is 27.5 Å². The van der Waals surface area contributed by atoms with Gasteiger partial charge in [-0.15, -0.1) is 0 Å². The van der Waals surface area contributed by atoms with Crippen molar-refractivity contribution in [1.82, 2.24) is 24.5 Å². The maximum absolute atomic E-state index is 12.5. The van der Waals surface area contributed by atoms with Gasteiger partial charge in [-0.05, 0) is 29.8 Å². The third kappa shape index (κ3) is 3.41. The zero-order valence-electron chi connectivity index (χ0n) is 13.2. The number of amides is 1. The van der Waals surface area contributed by atoms with E-state index in [0.29, 0.717) is 6.54 Å². The highest BCUT2D eigenvalue weighted by Gasteiger charge is 2.25. The number of carbonyl (C=O) groups is 1. The lowest BCUT2D eigenvalue weighted by Crippen LogP contribution is -2.33. The highest BCUT2D eigenvalue weighted by atomic mass is 79.9. The van der Waals surface area contributed by atoms with E-state index < -0.39 is 11.0 Å². The molecule has 9 nitrogen and oxygen atoms in total. The number of aryl methyl sites for hydroxylation is 2. The zero-order chi connectivity index (χ0) is 17.3. The molecule has 2 rings (SSSR count). The normalized spacial score (nSPS) is 12.2. The first kappa shape index (κ1) is 17.1. The zero-order valence-corrected chi connectivity index (χ0v) is 14.8. The first-order chi connectivity index (χ1) is 10.7. The Morgan fingerprint density at radius 3 is 2.70 bits per heavy atom. The second kappa shape index (κ2) is 6.49. The van der Waals surface area contributed by atoms with Gasteiger partial charge in [-0.25, -0.2) is 0 Å². The van der Waals surface area contributed by atoms with Gasteiger partial charge in [0, 0.05) is 14.1 Å². The molecule has 10 heteroatoms. The number of rotatable bonds is 5. The Hall–Kier alpha value is -2.23. The number of nitrogens with zero attached hydrogens (tertiary/aromatic N) is 6. The van der Waals surface area contributed by atoms with Gasteiger partial charge in [0.05, 0.1) is 27.8 Å². The number of hydrogen-bond donors (Lipinski definition) is 0. The van der Waals surface area contributed by atoms with Crippen LogP contribution in [0, 0.1) is 17.0 Å². The third-order valence-corrected chi connectivity index (χ3v) is 4.28. The van der Waals surface area contributed by atoms with E-state index in [4.69, 9.17) is 0 Å². The Bertz CT molecular complexity index is 733. The molecule has 2 aromatic rings. The number of hydrogen-bond acceptors (Lipinski definition) is 5. The fourth-order valence-electron chi connectivity index (χ4n) is 2.20. The van der Waals surface area contributed by atoms with Crippen molar-refractivity contribution in [2.24, 2.45) is 7.05 Å². The third-order valence-electron chi connectivity index (χ3n) is 3.62. The maximum Gasteiger partial charge on any atom is 0.309 e. The molecule has 0 aliphatic heterocycles. The van der Waals surface area contributed by atoms with Crippen LogP contribution in [0.2, 0.25) is 0 Å². The summed E-state index contributed by atoms with van der Waals surface area (Å²) in [4.78, 5) is 24.5. The SMILES string of the molecule is Cc1nn(C(C)C(=O)N(C)Cc2c(Br)cnn2C)cc1[N+](=O)[O-]. The number of halogens is 1. The van der Waals surface area contributed by atoms with E-state index in [0.717, 1.165) is 10.2 Å². The smallest absolute Gasteiger partial charge is 0.309 e. The van der Waals surface area contributed by atoms with Gasteiger partial charge in [0.2, 0.25) is 5.91 Å². The molecule has 0 saturated carbocycles. The summed E-state index contributed by atoms with van der Waals surface area (Å²) in [7, 11) is 3.46. The molecule has 0 radical (unpaired) electrons. The molecule has 0 aliphatic rings. The Balaban J connectivity index is 2.16. The van der Waals surface area contributed by atoms with Crippen molar-refractivity contribution in [3.05, 3.63) is 38.4 Å². The molecule has 1 amide bonds. The number of likely N-dealkylation sites (N-methyl/N-ethyl adjacent to an activating group) is 1. The summed E-state index contributed by atoms with van der Waals surface area (Å²) in [6, 6.07) is -0.639. The minimum atomic E-state index is -0.639. The van der Waals surface area contributed by atoms with Crippen molar-refractivity contribution in [2.75, 3.05) is 7.05 Å². The van der Waals surface area contributed by atoms with Gasteiger partial charge in [-0.2, -0.15) is 10.2 Å². The Kier molecular flexibility index (Phi) is 4.83. The molecule has 0 saturated heterocycles. The molecule has 0 spiro atoms. The predicted octanol–water partition coefficient (Wildman–Crippen LogP) is 1.82. The molecule has 0 N–H and O–H groups in total. The highest BCUT2D eigenvalue weighted by molar-refractivity contribution is 9.10. The molecule has 0 aromatic carbocycles. The van der Waals surface area contributed by atoms with Gasteiger partial charge in [-0.3, -0.25) is 24.3 Å². The molecule has 1 atom stereocenters. The Morgan fingerprint density at radius 2 is 2.22 bits per heavy atom. The van der Waals surface area contributed by atoms with E-state index in [1.54, 1.807) is 38.8 Å². The lowest BCUT2D eigenvalue weighted by atomic mass is 10.3. The standard InChI is InChI=1S/C13H17BrN6O3/c1-8-11(20(22)23)7-19(16-8)9(2)13(21)17(3)6-12-10(14)5-15-18(12)4/h5,7,9H,6H2,1-4H3. The van der Waals surface area contributed by atoms with E-state index in [1.807, 2.05) is 0 Å². The number of carbonyl (C=O) groups excluding carboxylic acids is 1. The molecule has 2 heterocycles. The largest absolute Gasteiger partial charge is 0.338 e. The van der Waals surface area contributed by atoms with Crippen LogP contribution in [0.15, 0.2) is 16.9 Å². The molecular formula is C13H17BrN6O3. The van der Waals surface area contributed by atoms with Gasteiger partial charge in [0.1, 0.15) is 17.9 Å². The van der Waals surface area contributed by atoms with Crippen molar-refractivity contribution in [3.63, 3.8) is 0 Å². The van der Waals surface area contributed by atoms with Crippen LogP contribution in [0.25, 0.3) is 0 Å².